The van der Waals surface area contributed by atoms with E-state index < -0.39 is 9.84 Å². The van der Waals surface area contributed by atoms with Crippen molar-refractivity contribution in [1.29, 1.82) is 0 Å². The Morgan fingerprint density at radius 3 is 2.84 bits per heavy atom. The minimum absolute atomic E-state index is 0.114. The van der Waals surface area contributed by atoms with E-state index in [9.17, 15) is 8.42 Å². The fourth-order valence-corrected chi connectivity index (χ4v) is 3.53. The summed E-state index contributed by atoms with van der Waals surface area (Å²) in [6, 6.07) is 9.60. The average Bonchev–Trinajstić information content (AvgIpc) is 2.68. The van der Waals surface area contributed by atoms with Gasteiger partial charge in [-0.2, -0.15) is 0 Å². The zero-order valence-corrected chi connectivity index (χ0v) is 11.3. The molecule has 1 aromatic carbocycles. The van der Waals surface area contributed by atoms with Gasteiger partial charge < -0.3 is 5.32 Å². The SMILES string of the molecule is Cc1cc(NC2C=CS(=O)(=O)C2)c2ccccc2n1. The van der Waals surface area contributed by atoms with Gasteiger partial charge in [0.2, 0.25) is 0 Å². The van der Waals surface area contributed by atoms with Gasteiger partial charge in [-0.3, -0.25) is 4.98 Å². The summed E-state index contributed by atoms with van der Waals surface area (Å²) >= 11 is 0. The third-order valence-electron chi connectivity index (χ3n) is 3.12. The Bertz CT molecular complexity index is 766. The Labute approximate surface area is 112 Å². The van der Waals surface area contributed by atoms with Gasteiger partial charge in [0.15, 0.2) is 9.84 Å². The highest BCUT2D eigenvalue weighted by Crippen LogP contribution is 2.25. The third kappa shape index (κ3) is 2.46. The Morgan fingerprint density at radius 2 is 2.11 bits per heavy atom. The predicted molar refractivity (Wildman–Crippen MR) is 76.8 cm³/mol. The van der Waals surface area contributed by atoms with Gasteiger partial charge in [-0.05, 0) is 19.1 Å². The molecule has 5 heteroatoms. The second-order valence-corrected chi connectivity index (χ2v) is 6.67. The highest BCUT2D eigenvalue weighted by Gasteiger charge is 2.21. The van der Waals surface area contributed by atoms with Crippen molar-refractivity contribution in [2.75, 3.05) is 11.1 Å². The summed E-state index contributed by atoms with van der Waals surface area (Å²) in [7, 11) is -3.04. The van der Waals surface area contributed by atoms with Gasteiger partial charge in [-0.1, -0.05) is 24.3 Å². The first-order valence-electron chi connectivity index (χ1n) is 6.07. The van der Waals surface area contributed by atoms with Crippen molar-refractivity contribution in [3.8, 4) is 0 Å². The van der Waals surface area contributed by atoms with E-state index in [0.29, 0.717) is 0 Å². The van der Waals surface area contributed by atoms with E-state index in [2.05, 4.69) is 10.3 Å². The fraction of sp³-hybridized carbons (Fsp3) is 0.214. The third-order valence-corrected chi connectivity index (χ3v) is 4.51. The first kappa shape index (κ1) is 12.2. The Balaban J connectivity index is 1.99. The maximum atomic E-state index is 11.4. The van der Waals surface area contributed by atoms with Crippen LogP contribution in [0.25, 0.3) is 10.9 Å². The summed E-state index contributed by atoms with van der Waals surface area (Å²) in [4.78, 5) is 4.46. The van der Waals surface area contributed by atoms with Crippen molar-refractivity contribution in [2.45, 2.75) is 13.0 Å². The number of para-hydroxylation sites is 1. The first-order valence-corrected chi connectivity index (χ1v) is 7.79. The number of anilines is 1. The van der Waals surface area contributed by atoms with E-state index in [4.69, 9.17) is 0 Å². The molecule has 0 radical (unpaired) electrons. The van der Waals surface area contributed by atoms with Crippen molar-refractivity contribution in [3.63, 3.8) is 0 Å². The van der Waals surface area contributed by atoms with Crippen LogP contribution < -0.4 is 5.32 Å². The molecule has 0 saturated heterocycles. The molecule has 1 atom stereocenters. The van der Waals surface area contributed by atoms with E-state index in [1.807, 2.05) is 37.3 Å². The normalized spacial score (nSPS) is 20.8. The van der Waals surface area contributed by atoms with Gasteiger partial charge in [-0.15, -0.1) is 0 Å². The number of hydrogen-bond donors (Lipinski definition) is 1. The van der Waals surface area contributed by atoms with Gasteiger partial charge in [-0.25, -0.2) is 8.42 Å². The lowest BCUT2D eigenvalue weighted by atomic mass is 10.1. The minimum Gasteiger partial charge on any atom is -0.377 e. The van der Waals surface area contributed by atoms with Gasteiger partial charge in [0.1, 0.15) is 0 Å². The number of pyridine rings is 1. The minimum atomic E-state index is -3.04. The molecule has 98 valence electrons. The summed E-state index contributed by atoms with van der Waals surface area (Å²) in [5, 5.41) is 5.56. The standard InChI is InChI=1S/C14H14N2O2S/c1-10-8-14(12-4-2-3-5-13(12)15-10)16-11-6-7-19(17,18)9-11/h2-8,11H,9H2,1H3,(H,15,16). The second-order valence-electron chi connectivity index (χ2n) is 4.74. The van der Waals surface area contributed by atoms with Crippen LogP contribution in [0.3, 0.4) is 0 Å². The molecule has 0 amide bonds. The summed E-state index contributed by atoms with van der Waals surface area (Å²) in [6.45, 7) is 1.93. The molecule has 1 N–H and O–H groups in total. The lowest BCUT2D eigenvalue weighted by Gasteiger charge is -2.14. The number of aryl methyl sites for hydroxylation is 1. The molecule has 4 nitrogen and oxygen atoms in total. The highest BCUT2D eigenvalue weighted by molar-refractivity contribution is 7.94. The molecule has 0 aliphatic carbocycles. The van der Waals surface area contributed by atoms with Crippen molar-refractivity contribution in [3.05, 3.63) is 47.5 Å². The van der Waals surface area contributed by atoms with Crippen molar-refractivity contribution in [1.82, 2.24) is 4.98 Å². The van der Waals surface area contributed by atoms with Crippen LogP contribution >= 0.6 is 0 Å². The van der Waals surface area contributed by atoms with Crippen LogP contribution in [0.5, 0.6) is 0 Å². The Morgan fingerprint density at radius 1 is 1.32 bits per heavy atom. The second kappa shape index (κ2) is 4.35. The molecule has 0 fully saturated rings. The number of fused-ring (bicyclic) bond motifs is 1. The quantitative estimate of drug-likeness (QED) is 0.912. The molecule has 0 spiro atoms. The summed E-state index contributed by atoms with van der Waals surface area (Å²) in [5.74, 6) is 0.114. The van der Waals surface area contributed by atoms with Gasteiger partial charge >= 0.3 is 0 Å². The van der Waals surface area contributed by atoms with Crippen LogP contribution in [0.4, 0.5) is 5.69 Å². The topological polar surface area (TPSA) is 59.1 Å². The number of hydrogen-bond acceptors (Lipinski definition) is 4. The van der Waals surface area contributed by atoms with Crippen LogP contribution in [0.1, 0.15) is 5.69 Å². The number of sulfone groups is 1. The van der Waals surface area contributed by atoms with Crippen LogP contribution in [0.15, 0.2) is 41.8 Å². The van der Waals surface area contributed by atoms with E-state index >= 15 is 0 Å². The molecule has 0 saturated carbocycles. The molecule has 2 heterocycles. The summed E-state index contributed by atoms with van der Waals surface area (Å²) in [5.41, 5.74) is 2.75. The molecule has 1 aliphatic rings. The molecule has 1 aliphatic heterocycles. The van der Waals surface area contributed by atoms with Crippen LogP contribution in [-0.4, -0.2) is 25.2 Å². The zero-order valence-electron chi connectivity index (χ0n) is 10.5. The first-order chi connectivity index (χ1) is 9.03. The molecule has 1 unspecified atom stereocenters. The lowest BCUT2D eigenvalue weighted by Crippen LogP contribution is -2.21. The maximum absolute atomic E-state index is 11.4. The average molecular weight is 274 g/mol. The smallest absolute Gasteiger partial charge is 0.173 e. The molecule has 1 aromatic heterocycles. The largest absolute Gasteiger partial charge is 0.377 e. The molecule has 0 bridgehead atoms. The van der Waals surface area contributed by atoms with Gasteiger partial charge in [0.25, 0.3) is 0 Å². The molecular formula is C14H14N2O2S. The van der Waals surface area contributed by atoms with Gasteiger partial charge in [0, 0.05) is 22.2 Å². The van der Waals surface area contributed by atoms with E-state index in [-0.39, 0.29) is 11.8 Å². The van der Waals surface area contributed by atoms with Crippen molar-refractivity contribution in [2.24, 2.45) is 0 Å². The molecular weight excluding hydrogens is 260 g/mol. The van der Waals surface area contributed by atoms with E-state index in [1.54, 1.807) is 6.08 Å². The van der Waals surface area contributed by atoms with Crippen molar-refractivity contribution >= 4 is 26.4 Å². The number of nitrogens with zero attached hydrogens (tertiary/aromatic N) is 1. The molecule has 2 aromatic rings. The predicted octanol–water partition coefficient (Wildman–Crippen LogP) is 2.27. The number of benzene rings is 1. The molecule has 19 heavy (non-hydrogen) atoms. The van der Waals surface area contributed by atoms with E-state index in [0.717, 1.165) is 22.3 Å². The maximum Gasteiger partial charge on any atom is 0.173 e. The van der Waals surface area contributed by atoms with Gasteiger partial charge in [0.05, 0.1) is 17.3 Å². The Kier molecular flexibility index (Phi) is 2.78. The summed E-state index contributed by atoms with van der Waals surface area (Å²) in [6.07, 6.45) is 1.69. The number of aromatic nitrogens is 1. The molecule has 3 rings (SSSR count). The number of rotatable bonds is 2. The van der Waals surface area contributed by atoms with Crippen LogP contribution in [0.2, 0.25) is 0 Å². The zero-order chi connectivity index (χ0) is 13.5. The fourth-order valence-electron chi connectivity index (χ4n) is 2.29. The lowest BCUT2D eigenvalue weighted by molar-refractivity contribution is 0.605. The van der Waals surface area contributed by atoms with Crippen LogP contribution in [0, 0.1) is 6.92 Å². The monoisotopic (exact) mass is 274 g/mol. The highest BCUT2D eigenvalue weighted by atomic mass is 32.2. The van der Waals surface area contributed by atoms with Crippen molar-refractivity contribution < 1.29 is 8.42 Å². The summed E-state index contributed by atoms with van der Waals surface area (Å²) < 4.78 is 22.8. The Hall–Kier alpha value is -1.88. The number of nitrogens with one attached hydrogen (secondary N) is 1. The van der Waals surface area contributed by atoms with Crippen LogP contribution in [-0.2, 0) is 9.84 Å². The van der Waals surface area contributed by atoms with E-state index in [1.165, 1.54) is 5.41 Å².